The number of nitrogen functional groups attached to an aromatic ring is 1. The Balaban J connectivity index is 2.03. The molecule has 112 valence electrons. The van der Waals surface area contributed by atoms with Crippen LogP contribution in [0, 0.1) is 0 Å². The molecule has 1 aromatic heterocycles. The van der Waals surface area contributed by atoms with E-state index < -0.39 is 18.5 Å². The SMILES string of the molecule is NC(=O)c1sc(NCCCC(F)(F)F)c(C2CC2)c1N. The molecule has 0 bridgehead atoms. The minimum atomic E-state index is -4.14. The second kappa shape index (κ2) is 5.51. The van der Waals surface area contributed by atoms with Gasteiger partial charge in [-0.2, -0.15) is 13.2 Å². The summed E-state index contributed by atoms with van der Waals surface area (Å²) in [6.45, 7) is 0.192. The number of anilines is 2. The molecule has 20 heavy (non-hydrogen) atoms. The van der Waals surface area contributed by atoms with Gasteiger partial charge in [0, 0.05) is 18.5 Å². The van der Waals surface area contributed by atoms with Crippen LogP contribution in [0.2, 0.25) is 0 Å². The van der Waals surface area contributed by atoms with Crippen molar-refractivity contribution in [3.63, 3.8) is 0 Å². The lowest BCUT2D eigenvalue weighted by Gasteiger charge is -2.09. The Bertz CT molecular complexity index is 509. The lowest BCUT2D eigenvalue weighted by molar-refractivity contribution is -0.134. The van der Waals surface area contributed by atoms with Crippen LogP contribution in [0.4, 0.5) is 23.9 Å². The number of alkyl halides is 3. The first-order valence-corrected chi connectivity index (χ1v) is 7.14. The first-order valence-electron chi connectivity index (χ1n) is 6.32. The van der Waals surface area contributed by atoms with Gasteiger partial charge in [-0.1, -0.05) is 0 Å². The fourth-order valence-corrected chi connectivity index (χ4v) is 3.12. The molecule has 1 aliphatic carbocycles. The van der Waals surface area contributed by atoms with Crippen LogP contribution in [0.25, 0.3) is 0 Å². The van der Waals surface area contributed by atoms with Gasteiger partial charge < -0.3 is 16.8 Å². The minimum absolute atomic E-state index is 0.0166. The lowest BCUT2D eigenvalue weighted by atomic mass is 10.1. The van der Waals surface area contributed by atoms with E-state index in [1.54, 1.807) is 0 Å². The van der Waals surface area contributed by atoms with Gasteiger partial charge in [-0.05, 0) is 25.2 Å². The summed E-state index contributed by atoms with van der Waals surface area (Å²) in [6, 6.07) is 0. The molecular formula is C12H16F3N3OS. The maximum Gasteiger partial charge on any atom is 0.389 e. The summed E-state index contributed by atoms with van der Waals surface area (Å²) in [4.78, 5) is 11.6. The number of carbonyl (C=O) groups is 1. The van der Waals surface area contributed by atoms with Crippen molar-refractivity contribution in [1.82, 2.24) is 0 Å². The van der Waals surface area contributed by atoms with Gasteiger partial charge in [0.15, 0.2) is 0 Å². The van der Waals surface area contributed by atoms with Crippen LogP contribution < -0.4 is 16.8 Å². The molecule has 4 nitrogen and oxygen atoms in total. The summed E-state index contributed by atoms with van der Waals surface area (Å²) in [6.07, 6.45) is -3.03. The lowest BCUT2D eigenvalue weighted by Crippen LogP contribution is -2.11. The van der Waals surface area contributed by atoms with Gasteiger partial charge in [0.25, 0.3) is 5.91 Å². The summed E-state index contributed by atoms with van der Waals surface area (Å²) in [7, 11) is 0. The van der Waals surface area contributed by atoms with E-state index in [-0.39, 0.29) is 17.8 Å². The summed E-state index contributed by atoms with van der Waals surface area (Å²) >= 11 is 1.13. The molecule has 0 aliphatic heterocycles. The van der Waals surface area contributed by atoms with Crippen LogP contribution >= 0.6 is 11.3 Å². The molecule has 0 saturated heterocycles. The predicted octanol–water partition coefficient (Wildman–Crippen LogP) is 3.06. The molecule has 1 aliphatic rings. The van der Waals surface area contributed by atoms with Gasteiger partial charge in [0.2, 0.25) is 0 Å². The quantitative estimate of drug-likeness (QED) is 0.706. The van der Waals surface area contributed by atoms with E-state index in [4.69, 9.17) is 11.5 Å². The fourth-order valence-electron chi connectivity index (χ4n) is 2.04. The number of thiophene rings is 1. The molecule has 2 rings (SSSR count). The van der Waals surface area contributed by atoms with Crippen molar-refractivity contribution >= 4 is 27.9 Å². The Hall–Kier alpha value is -1.44. The maximum atomic E-state index is 12.1. The summed E-state index contributed by atoms with van der Waals surface area (Å²) in [5, 5.41) is 3.64. The Morgan fingerprint density at radius 3 is 2.55 bits per heavy atom. The van der Waals surface area contributed by atoms with Gasteiger partial charge in [0.05, 0.1) is 10.7 Å². The fraction of sp³-hybridized carbons (Fsp3) is 0.583. The number of hydrogen-bond donors (Lipinski definition) is 3. The third-order valence-corrected chi connectivity index (χ3v) is 4.31. The van der Waals surface area contributed by atoms with Crippen LogP contribution in [0.1, 0.15) is 46.8 Å². The average Bonchev–Trinajstić information content (AvgIpc) is 3.08. The highest BCUT2D eigenvalue weighted by Gasteiger charge is 2.32. The first kappa shape index (κ1) is 15.0. The van der Waals surface area contributed by atoms with E-state index in [1.165, 1.54) is 0 Å². The van der Waals surface area contributed by atoms with E-state index in [1.807, 2.05) is 0 Å². The summed E-state index contributed by atoms with van der Waals surface area (Å²) in [5.74, 6) is -0.304. The van der Waals surface area contributed by atoms with Gasteiger partial charge in [-0.15, -0.1) is 11.3 Å². The van der Waals surface area contributed by atoms with Gasteiger partial charge >= 0.3 is 6.18 Å². The molecule has 0 atom stereocenters. The molecule has 1 fully saturated rings. The molecule has 1 amide bonds. The second-order valence-electron chi connectivity index (χ2n) is 4.87. The van der Waals surface area contributed by atoms with Crippen molar-refractivity contribution in [3.8, 4) is 0 Å². The molecular weight excluding hydrogens is 291 g/mol. The number of halogens is 3. The predicted molar refractivity (Wildman–Crippen MR) is 73.0 cm³/mol. The zero-order chi connectivity index (χ0) is 14.9. The third kappa shape index (κ3) is 3.56. The van der Waals surface area contributed by atoms with Gasteiger partial charge in [-0.3, -0.25) is 4.79 Å². The summed E-state index contributed by atoms with van der Waals surface area (Å²) < 4.78 is 36.2. The first-order chi connectivity index (χ1) is 9.29. The van der Waals surface area contributed by atoms with Crippen LogP contribution in [-0.4, -0.2) is 18.6 Å². The van der Waals surface area contributed by atoms with Crippen LogP contribution in [0.15, 0.2) is 0 Å². The standard InChI is InChI=1S/C12H16F3N3OS/c13-12(14,15)4-1-5-18-11-7(6-2-3-6)8(16)9(20-11)10(17)19/h6,18H,1-5,16H2,(H2,17,19). The highest BCUT2D eigenvalue weighted by Crippen LogP contribution is 2.50. The van der Waals surface area contributed by atoms with Crippen molar-refractivity contribution < 1.29 is 18.0 Å². The van der Waals surface area contributed by atoms with E-state index in [9.17, 15) is 18.0 Å². The molecule has 5 N–H and O–H groups in total. The van der Waals surface area contributed by atoms with Gasteiger partial charge in [-0.25, -0.2) is 0 Å². The van der Waals surface area contributed by atoms with Crippen molar-refractivity contribution in [1.29, 1.82) is 0 Å². The highest BCUT2D eigenvalue weighted by atomic mass is 32.1. The van der Waals surface area contributed by atoms with Crippen molar-refractivity contribution in [2.24, 2.45) is 5.73 Å². The molecule has 8 heteroatoms. The van der Waals surface area contributed by atoms with Crippen molar-refractivity contribution in [2.45, 2.75) is 37.8 Å². The number of amides is 1. The highest BCUT2D eigenvalue weighted by molar-refractivity contribution is 7.18. The minimum Gasteiger partial charge on any atom is -0.397 e. The van der Waals surface area contributed by atoms with E-state index in [2.05, 4.69) is 5.32 Å². The number of carbonyl (C=O) groups excluding carboxylic acids is 1. The number of nitrogens with two attached hydrogens (primary N) is 2. The second-order valence-corrected chi connectivity index (χ2v) is 5.89. The number of rotatable bonds is 6. The summed E-state index contributed by atoms with van der Waals surface area (Å²) in [5.41, 5.74) is 12.4. The largest absolute Gasteiger partial charge is 0.397 e. The molecule has 1 aromatic rings. The van der Waals surface area contributed by atoms with Crippen LogP contribution in [-0.2, 0) is 0 Å². The smallest absolute Gasteiger partial charge is 0.389 e. The van der Waals surface area contributed by atoms with Crippen molar-refractivity contribution in [2.75, 3.05) is 17.6 Å². The Morgan fingerprint density at radius 1 is 1.40 bits per heavy atom. The Morgan fingerprint density at radius 2 is 2.05 bits per heavy atom. The average molecular weight is 307 g/mol. The topological polar surface area (TPSA) is 81.1 Å². The molecule has 0 spiro atoms. The Labute approximate surface area is 118 Å². The maximum absolute atomic E-state index is 12.1. The molecule has 0 radical (unpaired) electrons. The van der Waals surface area contributed by atoms with E-state index >= 15 is 0 Å². The zero-order valence-corrected chi connectivity index (χ0v) is 11.5. The molecule has 1 saturated carbocycles. The van der Waals surface area contributed by atoms with Gasteiger partial charge in [0.1, 0.15) is 4.88 Å². The van der Waals surface area contributed by atoms with Crippen LogP contribution in [0.3, 0.4) is 0 Å². The van der Waals surface area contributed by atoms with Crippen molar-refractivity contribution in [3.05, 3.63) is 10.4 Å². The van der Waals surface area contributed by atoms with E-state index in [0.29, 0.717) is 16.6 Å². The molecule has 0 unspecified atom stereocenters. The molecule has 0 aromatic carbocycles. The molecule has 1 heterocycles. The van der Waals surface area contributed by atoms with Crippen LogP contribution in [0.5, 0.6) is 0 Å². The number of primary amides is 1. The number of nitrogens with one attached hydrogen (secondary N) is 1. The van der Waals surface area contributed by atoms with E-state index in [0.717, 1.165) is 29.7 Å². The monoisotopic (exact) mass is 307 g/mol. The third-order valence-electron chi connectivity index (χ3n) is 3.12. The Kier molecular flexibility index (Phi) is 4.12. The zero-order valence-electron chi connectivity index (χ0n) is 10.7. The number of hydrogen-bond acceptors (Lipinski definition) is 4. The normalized spacial score (nSPS) is 15.3.